The highest BCUT2D eigenvalue weighted by Gasteiger charge is 2.19. The van der Waals surface area contributed by atoms with Gasteiger partial charge in [0, 0.05) is 38.8 Å². The first-order valence-electron chi connectivity index (χ1n) is 18.4. The van der Waals surface area contributed by atoms with Gasteiger partial charge in [0.05, 0.1) is 5.69 Å². The second-order valence-corrected chi connectivity index (χ2v) is 13.7. The predicted octanol–water partition coefficient (Wildman–Crippen LogP) is 14.9. The molecule has 0 amide bonds. The smallest absolute Gasteiger partial charge is 0.143 e. The third-order valence-electron chi connectivity index (χ3n) is 10.5. The van der Waals surface area contributed by atoms with E-state index in [1.807, 2.05) is 6.07 Å². The molecule has 2 nitrogen and oxygen atoms in total. The zero-order valence-corrected chi connectivity index (χ0v) is 29.6. The molecule has 0 aliphatic heterocycles. The van der Waals surface area contributed by atoms with Gasteiger partial charge >= 0.3 is 0 Å². The Bertz CT molecular complexity index is 2910. The largest absolute Gasteiger partial charge is 0.455 e. The Labute approximate surface area is 314 Å². The molecule has 1 heterocycles. The molecule has 0 fully saturated rings. The summed E-state index contributed by atoms with van der Waals surface area (Å²) in [7, 11) is 0. The van der Waals surface area contributed by atoms with Gasteiger partial charge in [-0.25, -0.2) is 0 Å². The number of hydrogen-bond donors (Lipinski definition) is 0. The molecule has 1 aromatic heterocycles. The van der Waals surface area contributed by atoms with Gasteiger partial charge < -0.3 is 9.32 Å². The van der Waals surface area contributed by atoms with Crippen LogP contribution in [0.15, 0.2) is 217 Å². The molecule has 9 aromatic carbocycles. The quantitative estimate of drug-likeness (QED) is 0.166. The summed E-state index contributed by atoms with van der Waals surface area (Å²) in [6.07, 6.45) is 0. The molecule has 0 bridgehead atoms. The number of furan rings is 1. The average Bonchev–Trinajstić information content (AvgIpc) is 3.64. The number of anilines is 3. The Morgan fingerprint density at radius 3 is 1.39 bits per heavy atom. The van der Waals surface area contributed by atoms with E-state index < -0.39 is 0 Å². The Morgan fingerprint density at radius 1 is 0.296 bits per heavy atom. The van der Waals surface area contributed by atoms with E-state index in [9.17, 15) is 0 Å². The van der Waals surface area contributed by atoms with Crippen LogP contribution in [-0.4, -0.2) is 0 Å². The van der Waals surface area contributed by atoms with Gasteiger partial charge in [0.1, 0.15) is 11.2 Å². The fourth-order valence-electron chi connectivity index (χ4n) is 7.81. The molecule has 0 atom stereocenters. The van der Waals surface area contributed by atoms with Crippen molar-refractivity contribution in [1.29, 1.82) is 0 Å². The molecule has 54 heavy (non-hydrogen) atoms. The Morgan fingerprint density at radius 2 is 0.759 bits per heavy atom. The SMILES string of the molecule is c1ccc(-c2ccccc2N(c2ccc(-c3ccc4ccccc4c3)cc2)c2ccc(-c3cccc4c3oc3c(-c5ccccc5)cccc34)cc2)cc1. The molecular weight excluding hydrogens is 655 g/mol. The van der Waals surface area contributed by atoms with Crippen molar-refractivity contribution in [3.8, 4) is 44.5 Å². The highest BCUT2D eigenvalue weighted by atomic mass is 16.3. The van der Waals surface area contributed by atoms with E-state index in [-0.39, 0.29) is 0 Å². The zero-order chi connectivity index (χ0) is 35.8. The maximum absolute atomic E-state index is 6.77. The average molecular weight is 690 g/mol. The normalized spacial score (nSPS) is 11.3. The van der Waals surface area contributed by atoms with Gasteiger partial charge in [-0.2, -0.15) is 0 Å². The molecule has 0 aliphatic rings. The van der Waals surface area contributed by atoms with Gasteiger partial charge in [-0.15, -0.1) is 0 Å². The minimum absolute atomic E-state index is 0.902. The van der Waals surface area contributed by atoms with Crippen molar-refractivity contribution in [3.05, 3.63) is 212 Å². The number of benzene rings is 9. The number of fused-ring (bicyclic) bond motifs is 4. The summed E-state index contributed by atoms with van der Waals surface area (Å²) in [4.78, 5) is 2.37. The van der Waals surface area contributed by atoms with Crippen LogP contribution in [0.4, 0.5) is 17.1 Å². The van der Waals surface area contributed by atoms with E-state index in [0.29, 0.717) is 0 Å². The van der Waals surface area contributed by atoms with Crippen LogP contribution in [0.3, 0.4) is 0 Å². The van der Waals surface area contributed by atoms with Gasteiger partial charge in [-0.3, -0.25) is 0 Å². The molecule has 0 N–H and O–H groups in total. The summed E-state index contributed by atoms with van der Waals surface area (Å²) in [5.41, 5.74) is 14.3. The third kappa shape index (κ3) is 5.62. The molecule has 0 radical (unpaired) electrons. The lowest BCUT2D eigenvalue weighted by atomic mass is 9.99. The second kappa shape index (κ2) is 13.4. The fourth-order valence-corrected chi connectivity index (χ4v) is 7.81. The van der Waals surface area contributed by atoms with Crippen LogP contribution in [0, 0.1) is 0 Å². The standard InChI is InChI=1S/C52H35NO/c1-3-14-38(15-4-1)45-19-9-10-24-50(45)53(43-31-27-37(28-32-43)42-26-25-36-13-7-8-18-41(36)35-42)44-33-29-40(30-34-44)47-21-12-23-49-48-22-11-20-46(51(48)54-52(47)49)39-16-5-2-6-17-39/h1-35H. The first-order chi connectivity index (χ1) is 26.8. The first-order valence-corrected chi connectivity index (χ1v) is 18.4. The Balaban J connectivity index is 1.07. The molecule has 0 spiro atoms. The van der Waals surface area contributed by atoms with Crippen LogP contribution >= 0.6 is 0 Å². The number of hydrogen-bond acceptors (Lipinski definition) is 2. The highest BCUT2D eigenvalue weighted by Crippen LogP contribution is 2.43. The van der Waals surface area contributed by atoms with E-state index in [0.717, 1.165) is 61.3 Å². The van der Waals surface area contributed by atoms with Crippen molar-refractivity contribution in [2.75, 3.05) is 4.90 Å². The third-order valence-corrected chi connectivity index (χ3v) is 10.5. The summed E-state index contributed by atoms with van der Waals surface area (Å²) >= 11 is 0. The Kier molecular flexibility index (Phi) is 7.85. The van der Waals surface area contributed by atoms with Gasteiger partial charge in [-0.1, -0.05) is 176 Å². The maximum Gasteiger partial charge on any atom is 0.143 e. The van der Waals surface area contributed by atoms with Crippen LogP contribution in [-0.2, 0) is 0 Å². The van der Waals surface area contributed by atoms with Crippen LogP contribution in [0.5, 0.6) is 0 Å². The van der Waals surface area contributed by atoms with Gasteiger partial charge in [0.25, 0.3) is 0 Å². The first kappa shape index (κ1) is 31.6. The van der Waals surface area contributed by atoms with Crippen molar-refractivity contribution in [1.82, 2.24) is 0 Å². The summed E-state index contributed by atoms with van der Waals surface area (Å²) in [6, 6.07) is 75.7. The topological polar surface area (TPSA) is 16.4 Å². The van der Waals surface area contributed by atoms with Gasteiger partial charge in [0.15, 0.2) is 0 Å². The van der Waals surface area contributed by atoms with Crippen molar-refractivity contribution in [3.63, 3.8) is 0 Å². The van der Waals surface area contributed by atoms with Crippen molar-refractivity contribution in [2.45, 2.75) is 0 Å². The van der Waals surface area contributed by atoms with Crippen LogP contribution in [0.2, 0.25) is 0 Å². The van der Waals surface area contributed by atoms with Gasteiger partial charge in [0.2, 0.25) is 0 Å². The van der Waals surface area contributed by atoms with Crippen LogP contribution < -0.4 is 4.90 Å². The molecule has 254 valence electrons. The summed E-state index contributed by atoms with van der Waals surface area (Å²) in [6.45, 7) is 0. The predicted molar refractivity (Wildman–Crippen MR) is 228 cm³/mol. The number of para-hydroxylation sites is 3. The van der Waals surface area contributed by atoms with Gasteiger partial charge in [-0.05, 0) is 75.0 Å². The van der Waals surface area contributed by atoms with E-state index in [4.69, 9.17) is 4.42 Å². The van der Waals surface area contributed by atoms with Crippen molar-refractivity contribution < 1.29 is 4.42 Å². The monoisotopic (exact) mass is 689 g/mol. The zero-order valence-electron chi connectivity index (χ0n) is 29.6. The molecule has 2 heteroatoms. The molecule has 0 aliphatic carbocycles. The van der Waals surface area contributed by atoms with E-state index in [1.54, 1.807) is 0 Å². The Hall–Kier alpha value is -7.16. The minimum Gasteiger partial charge on any atom is -0.455 e. The fraction of sp³-hybridized carbons (Fsp3) is 0. The lowest BCUT2D eigenvalue weighted by Gasteiger charge is -2.28. The van der Waals surface area contributed by atoms with Crippen LogP contribution in [0.25, 0.3) is 77.2 Å². The molecular formula is C52H35NO. The molecule has 0 saturated carbocycles. The summed E-state index contributed by atoms with van der Waals surface area (Å²) < 4.78 is 6.77. The molecule has 10 aromatic rings. The number of rotatable bonds is 7. The van der Waals surface area contributed by atoms with Crippen LogP contribution in [0.1, 0.15) is 0 Å². The van der Waals surface area contributed by atoms with E-state index in [1.165, 1.54) is 33.0 Å². The van der Waals surface area contributed by atoms with Crippen molar-refractivity contribution in [2.24, 2.45) is 0 Å². The highest BCUT2D eigenvalue weighted by molar-refractivity contribution is 6.13. The summed E-state index contributed by atoms with van der Waals surface area (Å²) in [5, 5.41) is 4.74. The molecule has 0 saturated heterocycles. The lowest BCUT2D eigenvalue weighted by Crippen LogP contribution is -2.11. The lowest BCUT2D eigenvalue weighted by molar-refractivity contribution is 0.671. The number of nitrogens with zero attached hydrogens (tertiary/aromatic N) is 1. The van der Waals surface area contributed by atoms with Crippen molar-refractivity contribution >= 4 is 49.8 Å². The molecule has 10 rings (SSSR count). The molecule has 0 unspecified atom stereocenters. The van der Waals surface area contributed by atoms with E-state index in [2.05, 4.69) is 211 Å². The second-order valence-electron chi connectivity index (χ2n) is 13.7. The maximum atomic E-state index is 6.77. The minimum atomic E-state index is 0.902. The summed E-state index contributed by atoms with van der Waals surface area (Å²) in [5.74, 6) is 0. The van der Waals surface area contributed by atoms with E-state index >= 15 is 0 Å².